The van der Waals surface area contributed by atoms with E-state index in [-0.39, 0.29) is 6.61 Å². The van der Waals surface area contributed by atoms with Crippen LogP contribution in [0.25, 0.3) is 11.4 Å². The molecule has 0 saturated carbocycles. The number of hydrogen-bond donors (Lipinski definition) is 0. The summed E-state index contributed by atoms with van der Waals surface area (Å²) < 4.78 is 76.1. The number of benzene rings is 2. The predicted octanol–water partition coefficient (Wildman–Crippen LogP) is 4.73. The molecule has 6 nitrogen and oxygen atoms in total. The van der Waals surface area contributed by atoms with Crippen molar-refractivity contribution in [3.05, 3.63) is 65.6 Å². The van der Waals surface area contributed by atoms with Gasteiger partial charge in [-0.2, -0.15) is 18.2 Å². The molecule has 1 aliphatic heterocycles. The molecule has 0 unspecified atom stereocenters. The molecule has 1 fully saturated rings. The number of anilines is 1. The van der Waals surface area contributed by atoms with Crippen LogP contribution in [0.4, 0.5) is 32.4 Å². The Hall–Kier alpha value is -3.50. The molecular formula is C18H10F5N3O3. The number of nitrogens with zero attached hydrogens (tertiary/aromatic N) is 3. The molecule has 0 aliphatic carbocycles. The van der Waals surface area contributed by atoms with Gasteiger partial charge in [-0.1, -0.05) is 35.5 Å². The van der Waals surface area contributed by atoms with Crippen molar-refractivity contribution in [2.24, 2.45) is 0 Å². The number of amides is 1. The molecule has 1 aliphatic rings. The standard InChI is InChI=1S/C18H10F5N3O3/c19-11-7-13(26-14(8-28-17(26)27)9-4-2-1-3-5-9)12(20)6-10(11)15-24-16(29-25-15)18(21,22)23/h1-7,14H,8H2/t14-/m0/s1. The highest BCUT2D eigenvalue weighted by atomic mass is 19.4. The third-order valence-electron chi connectivity index (χ3n) is 4.26. The summed E-state index contributed by atoms with van der Waals surface area (Å²) in [5, 5.41) is 3.04. The van der Waals surface area contributed by atoms with Gasteiger partial charge in [0.1, 0.15) is 18.2 Å². The average Bonchev–Trinajstić information content (AvgIpc) is 3.31. The number of ether oxygens (including phenoxy) is 1. The van der Waals surface area contributed by atoms with Gasteiger partial charge < -0.3 is 9.26 Å². The zero-order valence-corrected chi connectivity index (χ0v) is 14.3. The molecule has 150 valence electrons. The summed E-state index contributed by atoms with van der Waals surface area (Å²) in [4.78, 5) is 16.1. The van der Waals surface area contributed by atoms with Crippen molar-refractivity contribution in [3.63, 3.8) is 0 Å². The van der Waals surface area contributed by atoms with E-state index >= 15 is 0 Å². The Bertz CT molecular complexity index is 1070. The molecule has 3 aromatic rings. The Morgan fingerprint density at radius 2 is 1.79 bits per heavy atom. The molecule has 1 saturated heterocycles. The highest BCUT2D eigenvalue weighted by Crippen LogP contribution is 2.37. The first-order chi connectivity index (χ1) is 13.8. The molecule has 29 heavy (non-hydrogen) atoms. The van der Waals surface area contributed by atoms with Gasteiger partial charge in [0.15, 0.2) is 0 Å². The summed E-state index contributed by atoms with van der Waals surface area (Å²) in [5.74, 6) is -4.67. The second kappa shape index (κ2) is 6.83. The van der Waals surface area contributed by atoms with Crippen molar-refractivity contribution in [2.45, 2.75) is 12.2 Å². The fourth-order valence-corrected chi connectivity index (χ4v) is 2.95. The van der Waals surface area contributed by atoms with Gasteiger partial charge in [0, 0.05) is 6.07 Å². The maximum absolute atomic E-state index is 14.7. The molecular weight excluding hydrogens is 401 g/mol. The van der Waals surface area contributed by atoms with Gasteiger partial charge in [-0.3, -0.25) is 4.90 Å². The van der Waals surface area contributed by atoms with E-state index in [2.05, 4.69) is 14.7 Å². The zero-order valence-electron chi connectivity index (χ0n) is 14.3. The normalized spacial score (nSPS) is 16.9. The van der Waals surface area contributed by atoms with Crippen LogP contribution in [0.5, 0.6) is 0 Å². The highest BCUT2D eigenvalue weighted by Gasteiger charge is 2.40. The van der Waals surface area contributed by atoms with Crippen LogP contribution in [0, 0.1) is 11.6 Å². The summed E-state index contributed by atoms with van der Waals surface area (Å²) in [5.41, 5.74) is -0.438. The minimum Gasteiger partial charge on any atom is -0.447 e. The van der Waals surface area contributed by atoms with Gasteiger partial charge >= 0.3 is 18.2 Å². The number of halogens is 5. The van der Waals surface area contributed by atoms with Crippen molar-refractivity contribution >= 4 is 11.8 Å². The smallest absolute Gasteiger partial charge is 0.447 e. The fourth-order valence-electron chi connectivity index (χ4n) is 2.95. The molecule has 1 atom stereocenters. The molecule has 4 rings (SSSR count). The average molecular weight is 411 g/mol. The lowest BCUT2D eigenvalue weighted by atomic mass is 10.1. The molecule has 0 spiro atoms. The minimum atomic E-state index is -4.93. The number of carbonyl (C=O) groups excluding carboxylic acids is 1. The second-order valence-corrected chi connectivity index (χ2v) is 6.08. The van der Waals surface area contributed by atoms with E-state index in [1.807, 2.05) is 0 Å². The second-order valence-electron chi connectivity index (χ2n) is 6.08. The van der Waals surface area contributed by atoms with Crippen LogP contribution in [-0.4, -0.2) is 22.8 Å². The van der Waals surface area contributed by atoms with Crippen molar-refractivity contribution in [3.8, 4) is 11.4 Å². The lowest BCUT2D eigenvalue weighted by molar-refractivity contribution is -0.159. The van der Waals surface area contributed by atoms with Gasteiger partial charge in [0.2, 0.25) is 5.82 Å². The monoisotopic (exact) mass is 411 g/mol. The van der Waals surface area contributed by atoms with Crippen molar-refractivity contribution in [2.75, 3.05) is 11.5 Å². The zero-order chi connectivity index (χ0) is 20.8. The van der Waals surface area contributed by atoms with Crippen molar-refractivity contribution < 1.29 is 36.0 Å². The molecule has 0 radical (unpaired) electrons. The number of carbonyl (C=O) groups is 1. The van der Waals surface area contributed by atoms with Gasteiger partial charge in [-0.25, -0.2) is 13.6 Å². The molecule has 1 aromatic heterocycles. The highest BCUT2D eigenvalue weighted by molar-refractivity contribution is 5.91. The van der Waals surface area contributed by atoms with Crippen molar-refractivity contribution in [1.29, 1.82) is 0 Å². The van der Waals surface area contributed by atoms with Crippen LogP contribution >= 0.6 is 0 Å². The van der Waals surface area contributed by atoms with E-state index in [4.69, 9.17) is 4.74 Å². The lowest BCUT2D eigenvalue weighted by Gasteiger charge is -2.22. The molecule has 2 aromatic carbocycles. The molecule has 2 heterocycles. The topological polar surface area (TPSA) is 68.5 Å². The Morgan fingerprint density at radius 3 is 2.45 bits per heavy atom. The first-order valence-corrected chi connectivity index (χ1v) is 8.17. The van der Waals surface area contributed by atoms with Crippen LogP contribution in [0.3, 0.4) is 0 Å². The summed E-state index contributed by atoms with van der Waals surface area (Å²) in [6, 6.07) is 9.14. The van der Waals surface area contributed by atoms with Gasteiger partial charge in [0.25, 0.3) is 0 Å². The first kappa shape index (κ1) is 18.8. The van der Waals surface area contributed by atoms with Crippen LogP contribution in [-0.2, 0) is 10.9 Å². The van der Waals surface area contributed by atoms with Gasteiger partial charge in [-0.05, 0) is 11.6 Å². The maximum Gasteiger partial charge on any atom is 0.471 e. The Balaban J connectivity index is 1.73. The number of rotatable bonds is 3. The number of hydrogen-bond acceptors (Lipinski definition) is 5. The predicted molar refractivity (Wildman–Crippen MR) is 87.7 cm³/mol. The fraction of sp³-hybridized carbons (Fsp3) is 0.167. The van der Waals surface area contributed by atoms with E-state index in [1.165, 1.54) is 0 Å². The number of aromatic nitrogens is 2. The summed E-state index contributed by atoms with van der Waals surface area (Å²) in [6.07, 6.45) is -5.81. The third-order valence-corrected chi connectivity index (χ3v) is 4.26. The number of cyclic esters (lactones) is 1. The Morgan fingerprint density at radius 1 is 1.07 bits per heavy atom. The van der Waals surface area contributed by atoms with E-state index in [0.29, 0.717) is 17.7 Å². The molecule has 11 heteroatoms. The molecule has 1 amide bonds. The first-order valence-electron chi connectivity index (χ1n) is 8.17. The summed E-state index contributed by atoms with van der Waals surface area (Å²) in [6.45, 7) is -0.0779. The lowest BCUT2D eigenvalue weighted by Crippen LogP contribution is -2.28. The number of alkyl halides is 3. The largest absolute Gasteiger partial charge is 0.471 e. The van der Waals surface area contributed by atoms with E-state index < -0.39 is 52.9 Å². The van der Waals surface area contributed by atoms with E-state index in [1.54, 1.807) is 30.3 Å². The van der Waals surface area contributed by atoms with Gasteiger partial charge in [-0.15, -0.1) is 0 Å². The van der Waals surface area contributed by atoms with Crippen LogP contribution < -0.4 is 4.90 Å². The Kier molecular flexibility index (Phi) is 4.44. The summed E-state index contributed by atoms with van der Waals surface area (Å²) in [7, 11) is 0. The SMILES string of the molecule is O=C1OC[C@@H](c2ccccc2)N1c1cc(F)c(-c2noc(C(F)(F)F)n2)cc1F. The van der Waals surface area contributed by atoms with E-state index in [0.717, 1.165) is 4.90 Å². The molecule has 0 N–H and O–H groups in total. The van der Waals surface area contributed by atoms with Crippen LogP contribution in [0.15, 0.2) is 47.0 Å². The minimum absolute atomic E-state index is 0.0779. The summed E-state index contributed by atoms with van der Waals surface area (Å²) >= 11 is 0. The van der Waals surface area contributed by atoms with Crippen molar-refractivity contribution in [1.82, 2.24) is 10.1 Å². The van der Waals surface area contributed by atoms with Gasteiger partial charge in [0.05, 0.1) is 17.3 Å². The third kappa shape index (κ3) is 3.39. The maximum atomic E-state index is 14.7. The quantitative estimate of drug-likeness (QED) is 0.583. The Labute approximate surface area is 159 Å². The molecule has 0 bridgehead atoms. The van der Waals surface area contributed by atoms with Crippen LogP contribution in [0.2, 0.25) is 0 Å². The van der Waals surface area contributed by atoms with E-state index in [9.17, 15) is 26.7 Å². The van der Waals surface area contributed by atoms with Crippen LogP contribution in [0.1, 0.15) is 17.5 Å².